The highest BCUT2D eigenvalue weighted by Crippen LogP contribution is 2.28. The minimum atomic E-state index is 0.287. The number of hydrogen-bond acceptors (Lipinski definition) is 2. The molecule has 0 aliphatic rings. The van der Waals surface area contributed by atoms with Crippen LogP contribution in [0.4, 0.5) is 0 Å². The van der Waals surface area contributed by atoms with E-state index in [0.29, 0.717) is 0 Å². The van der Waals surface area contributed by atoms with Crippen molar-refractivity contribution in [3.63, 3.8) is 0 Å². The van der Waals surface area contributed by atoms with E-state index >= 15 is 0 Å². The summed E-state index contributed by atoms with van der Waals surface area (Å²) in [6.07, 6.45) is 0.810. The van der Waals surface area contributed by atoms with Crippen LogP contribution < -0.4 is 0 Å². The quantitative estimate of drug-likeness (QED) is 0.547. The monoisotopic (exact) mass is 300 g/mol. The summed E-state index contributed by atoms with van der Waals surface area (Å²) in [6, 6.07) is 23.3. The minimum Gasteiger partial charge on any atom is -0.508 e. The van der Waals surface area contributed by atoms with Gasteiger partial charge in [-0.15, -0.1) is 0 Å². The molecule has 0 saturated carbocycles. The van der Waals surface area contributed by atoms with Crippen molar-refractivity contribution in [3.8, 4) is 11.5 Å². The van der Waals surface area contributed by atoms with Gasteiger partial charge in [0.05, 0.1) is 0 Å². The lowest BCUT2D eigenvalue weighted by molar-refractivity contribution is 0.475. The topological polar surface area (TPSA) is 40.5 Å². The Kier molecular flexibility index (Phi) is 3.16. The Hall–Kier alpha value is -3.00. The summed E-state index contributed by atoms with van der Waals surface area (Å²) in [7, 11) is 0. The number of phenolic OH excluding ortho intramolecular Hbond substituents is 2. The van der Waals surface area contributed by atoms with Crippen LogP contribution in [0.2, 0.25) is 0 Å². The summed E-state index contributed by atoms with van der Waals surface area (Å²) in [6.45, 7) is 0. The number of rotatable bonds is 2. The van der Waals surface area contributed by atoms with Gasteiger partial charge in [0.1, 0.15) is 11.5 Å². The van der Waals surface area contributed by atoms with Crippen LogP contribution in [0.25, 0.3) is 21.5 Å². The molecule has 0 atom stereocenters. The van der Waals surface area contributed by atoms with Crippen LogP contribution in [0, 0.1) is 0 Å². The molecule has 0 radical (unpaired) electrons. The molecule has 0 fully saturated rings. The molecule has 0 bridgehead atoms. The average molecular weight is 300 g/mol. The zero-order valence-electron chi connectivity index (χ0n) is 12.5. The molecule has 23 heavy (non-hydrogen) atoms. The fourth-order valence-electron chi connectivity index (χ4n) is 3.19. The van der Waals surface area contributed by atoms with Gasteiger partial charge >= 0.3 is 0 Å². The molecular weight excluding hydrogens is 284 g/mol. The van der Waals surface area contributed by atoms with Crippen molar-refractivity contribution in [1.82, 2.24) is 0 Å². The second kappa shape index (κ2) is 5.33. The van der Waals surface area contributed by atoms with Gasteiger partial charge in [0, 0.05) is 0 Å². The van der Waals surface area contributed by atoms with E-state index in [2.05, 4.69) is 12.1 Å². The molecule has 112 valence electrons. The van der Waals surface area contributed by atoms with Crippen LogP contribution >= 0.6 is 0 Å². The third-order valence-electron chi connectivity index (χ3n) is 4.29. The average Bonchev–Trinajstić information content (AvgIpc) is 2.54. The summed E-state index contributed by atoms with van der Waals surface area (Å²) in [5, 5.41) is 23.7. The second-order valence-electron chi connectivity index (χ2n) is 5.82. The van der Waals surface area contributed by atoms with E-state index in [1.165, 1.54) is 11.1 Å². The van der Waals surface area contributed by atoms with Gasteiger partial charge < -0.3 is 10.2 Å². The van der Waals surface area contributed by atoms with Crippen LogP contribution in [0.15, 0.2) is 72.8 Å². The van der Waals surface area contributed by atoms with Crippen molar-refractivity contribution in [2.24, 2.45) is 0 Å². The second-order valence-corrected chi connectivity index (χ2v) is 5.82. The minimum absolute atomic E-state index is 0.287. The molecule has 2 heteroatoms. The van der Waals surface area contributed by atoms with Gasteiger partial charge in [-0.2, -0.15) is 0 Å². The molecule has 0 aromatic heterocycles. The fraction of sp³-hybridized carbons (Fsp3) is 0.0476. The largest absolute Gasteiger partial charge is 0.508 e. The number of aromatic hydroxyl groups is 2. The lowest BCUT2D eigenvalue weighted by Crippen LogP contribution is -1.91. The number of fused-ring (bicyclic) bond motifs is 2. The Morgan fingerprint density at radius 2 is 1.04 bits per heavy atom. The molecular formula is C21H16O2. The van der Waals surface area contributed by atoms with Crippen LogP contribution in [-0.4, -0.2) is 10.2 Å². The van der Waals surface area contributed by atoms with Gasteiger partial charge in [0.15, 0.2) is 0 Å². The third kappa shape index (κ3) is 2.49. The molecule has 4 aromatic carbocycles. The molecule has 0 unspecified atom stereocenters. The van der Waals surface area contributed by atoms with E-state index in [0.717, 1.165) is 28.0 Å². The molecule has 0 saturated heterocycles. The summed E-state index contributed by atoms with van der Waals surface area (Å²) < 4.78 is 0. The van der Waals surface area contributed by atoms with Crippen molar-refractivity contribution in [3.05, 3.63) is 83.9 Å². The first-order chi connectivity index (χ1) is 11.2. The molecule has 0 heterocycles. The van der Waals surface area contributed by atoms with Crippen LogP contribution in [-0.2, 0) is 6.42 Å². The molecule has 4 aromatic rings. The Bertz CT molecular complexity index is 935. The number of benzene rings is 4. The first-order valence-corrected chi connectivity index (χ1v) is 7.62. The summed E-state index contributed by atoms with van der Waals surface area (Å²) in [5.41, 5.74) is 2.45. The standard InChI is InChI=1S/C21H16O2/c22-18-7-9-20-14(3-1-5-16(20)12-18)11-15-4-2-6-17-13-19(23)8-10-21(15)17/h1-10,12-13,22-23H,11H2. The number of phenols is 2. The maximum atomic E-state index is 9.65. The predicted octanol–water partition coefficient (Wildman–Crippen LogP) is 5.00. The SMILES string of the molecule is Oc1ccc2c(Cc3cccc4cc(O)ccc34)cccc2c1. The lowest BCUT2D eigenvalue weighted by atomic mass is 9.95. The molecule has 4 rings (SSSR count). The fourth-order valence-corrected chi connectivity index (χ4v) is 3.19. The summed E-state index contributed by atoms with van der Waals surface area (Å²) in [5.74, 6) is 0.575. The van der Waals surface area contributed by atoms with Crippen LogP contribution in [0.5, 0.6) is 11.5 Å². The highest BCUT2D eigenvalue weighted by atomic mass is 16.3. The zero-order chi connectivity index (χ0) is 15.8. The smallest absolute Gasteiger partial charge is 0.116 e. The van der Waals surface area contributed by atoms with Gasteiger partial charge in [0.2, 0.25) is 0 Å². The van der Waals surface area contributed by atoms with Gasteiger partial charge in [0.25, 0.3) is 0 Å². The van der Waals surface area contributed by atoms with Gasteiger partial charge in [-0.3, -0.25) is 0 Å². The summed E-state index contributed by atoms with van der Waals surface area (Å²) >= 11 is 0. The lowest BCUT2D eigenvalue weighted by Gasteiger charge is -2.10. The Balaban J connectivity index is 1.85. The highest BCUT2D eigenvalue weighted by molar-refractivity contribution is 5.90. The molecule has 0 aliphatic heterocycles. The third-order valence-corrected chi connectivity index (χ3v) is 4.29. The molecule has 0 amide bonds. The van der Waals surface area contributed by atoms with Crippen molar-refractivity contribution in [1.29, 1.82) is 0 Å². The van der Waals surface area contributed by atoms with E-state index in [1.807, 2.05) is 36.4 Å². The van der Waals surface area contributed by atoms with E-state index in [-0.39, 0.29) is 11.5 Å². The van der Waals surface area contributed by atoms with Crippen molar-refractivity contribution < 1.29 is 10.2 Å². The molecule has 0 aliphatic carbocycles. The van der Waals surface area contributed by atoms with E-state index < -0.39 is 0 Å². The first kappa shape index (κ1) is 13.6. The predicted molar refractivity (Wildman–Crippen MR) is 94.0 cm³/mol. The van der Waals surface area contributed by atoms with E-state index in [1.54, 1.807) is 24.3 Å². The van der Waals surface area contributed by atoms with Crippen LogP contribution in [0.1, 0.15) is 11.1 Å². The molecule has 2 nitrogen and oxygen atoms in total. The van der Waals surface area contributed by atoms with Gasteiger partial charge in [-0.1, -0.05) is 48.5 Å². The van der Waals surface area contributed by atoms with Gasteiger partial charge in [-0.25, -0.2) is 0 Å². The van der Waals surface area contributed by atoms with Crippen molar-refractivity contribution >= 4 is 21.5 Å². The maximum Gasteiger partial charge on any atom is 0.116 e. The number of hydrogen-bond donors (Lipinski definition) is 2. The maximum absolute atomic E-state index is 9.65. The molecule has 2 N–H and O–H groups in total. The Morgan fingerprint density at radius 1 is 0.565 bits per heavy atom. The van der Waals surface area contributed by atoms with Crippen molar-refractivity contribution in [2.45, 2.75) is 6.42 Å². The Morgan fingerprint density at radius 3 is 1.52 bits per heavy atom. The van der Waals surface area contributed by atoms with Crippen LogP contribution in [0.3, 0.4) is 0 Å². The first-order valence-electron chi connectivity index (χ1n) is 7.62. The summed E-state index contributed by atoms with van der Waals surface area (Å²) in [4.78, 5) is 0. The van der Waals surface area contributed by atoms with E-state index in [4.69, 9.17) is 0 Å². The highest BCUT2D eigenvalue weighted by Gasteiger charge is 2.06. The van der Waals surface area contributed by atoms with Crippen molar-refractivity contribution in [2.75, 3.05) is 0 Å². The molecule has 0 spiro atoms. The van der Waals surface area contributed by atoms with E-state index in [9.17, 15) is 10.2 Å². The van der Waals surface area contributed by atoms with Gasteiger partial charge in [-0.05, 0) is 63.4 Å². The zero-order valence-corrected chi connectivity index (χ0v) is 12.5. The Labute approximate surface area is 134 Å². The normalized spacial score (nSPS) is 11.1.